The van der Waals surface area contributed by atoms with Gasteiger partial charge in [-0.1, -0.05) is 18.2 Å². The molecule has 0 saturated carbocycles. The quantitative estimate of drug-likeness (QED) is 0.591. The molecule has 1 unspecified atom stereocenters. The molecule has 2 aromatic carbocycles. The van der Waals surface area contributed by atoms with Crippen molar-refractivity contribution in [1.29, 1.82) is 0 Å². The molecule has 1 aliphatic heterocycles. The lowest BCUT2D eigenvalue weighted by Crippen LogP contribution is -2.37. The van der Waals surface area contributed by atoms with Gasteiger partial charge < -0.3 is 13.8 Å². The van der Waals surface area contributed by atoms with Gasteiger partial charge in [0.05, 0.1) is 17.9 Å². The molecule has 31 heavy (non-hydrogen) atoms. The maximum absolute atomic E-state index is 13.1. The summed E-state index contributed by atoms with van der Waals surface area (Å²) in [6.45, 7) is 0.929. The molecule has 0 aliphatic carbocycles. The highest BCUT2D eigenvalue weighted by atomic mass is 32.2. The molecule has 0 radical (unpaired) electrons. The second-order valence-electron chi connectivity index (χ2n) is 7.33. The van der Waals surface area contributed by atoms with Gasteiger partial charge in [0.1, 0.15) is 5.75 Å². The lowest BCUT2D eigenvalue weighted by Gasteiger charge is -2.26. The first-order chi connectivity index (χ1) is 14.5. The molecule has 1 saturated heterocycles. The van der Waals surface area contributed by atoms with E-state index in [4.69, 9.17) is 8.92 Å². The van der Waals surface area contributed by atoms with Gasteiger partial charge in [0.15, 0.2) is 0 Å². The Kier molecular flexibility index (Phi) is 6.90. The summed E-state index contributed by atoms with van der Waals surface area (Å²) in [5.41, 5.74) is -0.290. The van der Waals surface area contributed by atoms with Crippen LogP contribution in [-0.2, 0) is 27.6 Å². The lowest BCUT2D eigenvalue weighted by atomic mass is 10.1. The SMILES string of the molecule is CS(=O)(=O)Oc1ccc(CN(CC2CCCO2)C(=O)c2cccc(C(F)(F)F)c2)cc1. The summed E-state index contributed by atoms with van der Waals surface area (Å²) < 4.78 is 72.0. The van der Waals surface area contributed by atoms with Crippen LogP contribution in [-0.4, -0.2) is 44.7 Å². The van der Waals surface area contributed by atoms with E-state index in [2.05, 4.69) is 0 Å². The summed E-state index contributed by atoms with van der Waals surface area (Å²) in [7, 11) is -3.67. The van der Waals surface area contributed by atoms with Gasteiger partial charge in [-0.2, -0.15) is 21.6 Å². The van der Waals surface area contributed by atoms with Gasteiger partial charge >= 0.3 is 16.3 Å². The first-order valence-corrected chi connectivity index (χ1v) is 11.4. The van der Waals surface area contributed by atoms with Crippen molar-refractivity contribution in [3.63, 3.8) is 0 Å². The Bertz CT molecular complexity index is 1020. The van der Waals surface area contributed by atoms with E-state index < -0.39 is 27.8 Å². The second-order valence-corrected chi connectivity index (χ2v) is 8.91. The molecule has 168 valence electrons. The predicted molar refractivity (Wildman–Crippen MR) is 107 cm³/mol. The number of halogens is 3. The van der Waals surface area contributed by atoms with Crippen LogP contribution in [0.5, 0.6) is 5.75 Å². The molecule has 6 nitrogen and oxygen atoms in total. The van der Waals surface area contributed by atoms with Crippen LogP contribution in [0.15, 0.2) is 48.5 Å². The van der Waals surface area contributed by atoms with Crippen LogP contribution < -0.4 is 4.18 Å². The number of nitrogens with zero attached hydrogens (tertiary/aromatic N) is 1. The molecule has 1 atom stereocenters. The molecule has 1 aliphatic rings. The Labute approximate surface area is 178 Å². The van der Waals surface area contributed by atoms with Crippen LogP contribution in [0.1, 0.15) is 34.3 Å². The number of hydrogen-bond acceptors (Lipinski definition) is 5. The van der Waals surface area contributed by atoms with Crippen molar-refractivity contribution >= 4 is 16.0 Å². The van der Waals surface area contributed by atoms with Crippen molar-refractivity contribution in [3.8, 4) is 5.75 Å². The molecule has 1 amide bonds. The molecule has 1 fully saturated rings. The lowest BCUT2D eigenvalue weighted by molar-refractivity contribution is -0.137. The van der Waals surface area contributed by atoms with Gasteiger partial charge in [-0.25, -0.2) is 0 Å². The molecule has 2 aromatic rings. The van der Waals surface area contributed by atoms with Crippen molar-refractivity contribution in [1.82, 2.24) is 4.90 Å². The first kappa shape index (κ1) is 23.1. The topological polar surface area (TPSA) is 72.9 Å². The third-order valence-electron chi connectivity index (χ3n) is 4.72. The molecular formula is C21H22F3NO5S. The van der Waals surface area contributed by atoms with Gasteiger partial charge in [-0.15, -0.1) is 0 Å². The molecule has 3 rings (SSSR count). The maximum Gasteiger partial charge on any atom is 0.416 e. The summed E-state index contributed by atoms with van der Waals surface area (Å²) in [4.78, 5) is 14.5. The first-order valence-electron chi connectivity index (χ1n) is 9.58. The Morgan fingerprint density at radius 2 is 1.90 bits per heavy atom. The van der Waals surface area contributed by atoms with E-state index in [1.807, 2.05) is 0 Å². The Morgan fingerprint density at radius 1 is 1.19 bits per heavy atom. The number of alkyl halides is 3. The fourth-order valence-corrected chi connectivity index (χ4v) is 3.77. The van der Waals surface area contributed by atoms with Crippen LogP contribution in [0.4, 0.5) is 13.2 Å². The van der Waals surface area contributed by atoms with Crippen molar-refractivity contribution < 1.29 is 35.3 Å². The van der Waals surface area contributed by atoms with Gasteiger partial charge in [-0.3, -0.25) is 4.79 Å². The average molecular weight is 457 g/mol. The Balaban J connectivity index is 1.82. The molecule has 0 aromatic heterocycles. The van der Waals surface area contributed by atoms with Crippen LogP contribution in [0.2, 0.25) is 0 Å². The van der Waals surface area contributed by atoms with Crippen molar-refractivity contribution in [2.24, 2.45) is 0 Å². The molecule has 10 heteroatoms. The minimum Gasteiger partial charge on any atom is -0.383 e. The summed E-state index contributed by atoms with van der Waals surface area (Å²) in [6.07, 6.45) is -2.20. The van der Waals surface area contributed by atoms with Gasteiger partial charge in [0.2, 0.25) is 0 Å². The minimum atomic E-state index is -4.55. The Hall–Kier alpha value is -2.59. The zero-order valence-electron chi connectivity index (χ0n) is 16.8. The van der Waals surface area contributed by atoms with E-state index in [9.17, 15) is 26.4 Å². The van der Waals surface area contributed by atoms with E-state index in [0.29, 0.717) is 12.2 Å². The highest BCUT2D eigenvalue weighted by Gasteiger charge is 2.32. The fourth-order valence-electron chi connectivity index (χ4n) is 3.31. The summed E-state index contributed by atoms with van der Waals surface area (Å²) >= 11 is 0. The smallest absolute Gasteiger partial charge is 0.383 e. The Morgan fingerprint density at radius 3 is 2.48 bits per heavy atom. The summed E-state index contributed by atoms with van der Waals surface area (Å²) in [6, 6.07) is 10.4. The molecule has 0 spiro atoms. The molecule has 0 N–H and O–H groups in total. The molecular weight excluding hydrogens is 435 g/mol. The highest BCUT2D eigenvalue weighted by Crippen LogP contribution is 2.30. The third kappa shape index (κ3) is 6.70. The van der Waals surface area contributed by atoms with Crippen LogP contribution in [0.3, 0.4) is 0 Å². The van der Waals surface area contributed by atoms with Crippen LogP contribution in [0, 0.1) is 0 Å². The van der Waals surface area contributed by atoms with Gasteiger partial charge in [0.25, 0.3) is 5.91 Å². The predicted octanol–water partition coefficient (Wildman–Crippen LogP) is 3.87. The normalized spacial score (nSPS) is 16.8. The molecule has 1 heterocycles. The fraction of sp³-hybridized carbons (Fsp3) is 0.381. The number of hydrogen-bond donors (Lipinski definition) is 0. The zero-order valence-corrected chi connectivity index (χ0v) is 17.6. The maximum atomic E-state index is 13.1. The van der Waals surface area contributed by atoms with Crippen LogP contribution in [0.25, 0.3) is 0 Å². The van der Waals surface area contributed by atoms with Gasteiger partial charge in [0, 0.05) is 25.3 Å². The zero-order chi connectivity index (χ0) is 22.6. The number of benzene rings is 2. The summed E-state index contributed by atoms with van der Waals surface area (Å²) in [5, 5.41) is 0. The molecule has 0 bridgehead atoms. The summed E-state index contributed by atoms with van der Waals surface area (Å²) in [5.74, 6) is -0.417. The number of amides is 1. The van der Waals surface area contributed by atoms with Crippen molar-refractivity contribution in [2.45, 2.75) is 31.7 Å². The average Bonchev–Trinajstić information content (AvgIpc) is 3.20. The number of rotatable bonds is 7. The number of ether oxygens (including phenoxy) is 1. The number of carbonyl (C=O) groups is 1. The largest absolute Gasteiger partial charge is 0.416 e. The van der Waals surface area contributed by atoms with E-state index in [0.717, 1.165) is 31.2 Å². The standard InChI is InChI=1S/C21H22F3NO5S/c1-31(27,28)30-18-9-7-15(8-10-18)13-25(14-19-6-3-11-29-19)20(26)16-4-2-5-17(12-16)21(22,23)24/h2,4-5,7-10,12,19H,3,6,11,13-14H2,1H3. The van der Waals surface area contributed by atoms with Gasteiger partial charge in [-0.05, 0) is 48.7 Å². The van der Waals surface area contributed by atoms with E-state index >= 15 is 0 Å². The van der Waals surface area contributed by atoms with E-state index in [1.165, 1.54) is 29.2 Å². The monoisotopic (exact) mass is 457 g/mol. The van der Waals surface area contributed by atoms with Crippen molar-refractivity contribution in [2.75, 3.05) is 19.4 Å². The number of carbonyl (C=O) groups excluding carboxylic acids is 1. The van der Waals surface area contributed by atoms with E-state index in [1.54, 1.807) is 12.1 Å². The highest BCUT2D eigenvalue weighted by molar-refractivity contribution is 7.86. The minimum absolute atomic E-state index is 0.0650. The van der Waals surface area contributed by atoms with Crippen molar-refractivity contribution in [3.05, 3.63) is 65.2 Å². The van der Waals surface area contributed by atoms with Crippen LogP contribution >= 0.6 is 0 Å². The third-order valence-corrected chi connectivity index (χ3v) is 5.21. The van der Waals surface area contributed by atoms with E-state index in [-0.39, 0.29) is 30.5 Å². The second kappa shape index (κ2) is 9.27.